The van der Waals surface area contributed by atoms with Crippen molar-refractivity contribution in [3.8, 4) is 0 Å². The van der Waals surface area contributed by atoms with Gasteiger partial charge in [0.05, 0.1) is 21.1 Å². The number of hydrogen-bond donors (Lipinski definition) is 1. The summed E-state index contributed by atoms with van der Waals surface area (Å²) < 4.78 is 19.2. The number of nitro groups is 1. The summed E-state index contributed by atoms with van der Waals surface area (Å²) in [5.74, 6) is -0.277. The Kier molecular flexibility index (Phi) is 6.60. The van der Waals surface area contributed by atoms with Crippen molar-refractivity contribution in [2.75, 3.05) is 18.5 Å². The van der Waals surface area contributed by atoms with Crippen molar-refractivity contribution in [1.29, 1.82) is 0 Å². The molecule has 1 unspecified atom stereocenters. The van der Waals surface area contributed by atoms with Gasteiger partial charge >= 0.3 is 0 Å². The van der Waals surface area contributed by atoms with Crippen molar-refractivity contribution in [3.63, 3.8) is 0 Å². The molecule has 0 aliphatic rings. The van der Waals surface area contributed by atoms with Crippen LogP contribution in [-0.2, 0) is 4.74 Å². The van der Waals surface area contributed by atoms with Gasteiger partial charge in [0.25, 0.3) is 5.69 Å². The van der Waals surface area contributed by atoms with E-state index in [9.17, 15) is 14.5 Å². The predicted octanol–water partition coefficient (Wildman–Crippen LogP) is 3.81. The van der Waals surface area contributed by atoms with E-state index < -0.39 is 10.7 Å². The molecule has 0 fully saturated rings. The van der Waals surface area contributed by atoms with Gasteiger partial charge in [-0.15, -0.1) is 0 Å². The van der Waals surface area contributed by atoms with E-state index in [-0.39, 0.29) is 26.9 Å². The molecule has 1 aromatic rings. The molecule has 112 valence electrons. The zero-order valence-electron chi connectivity index (χ0n) is 11.7. The molecule has 1 N–H and O–H groups in total. The Morgan fingerprint density at radius 1 is 1.50 bits per heavy atom. The highest BCUT2D eigenvalue weighted by Gasteiger charge is 2.21. The van der Waals surface area contributed by atoms with Crippen LogP contribution in [0.1, 0.15) is 20.8 Å². The normalized spacial score (nSPS) is 12.5. The van der Waals surface area contributed by atoms with Gasteiger partial charge in [-0.1, -0.05) is 13.8 Å². The number of anilines is 1. The van der Waals surface area contributed by atoms with E-state index in [1.54, 1.807) is 22.6 Å². The molecule has 5 nitrogen and oxygen atoms in total. The van der Waals surface area contributed by atoms with Crippen LogP contribution in [0.4, 0.5) is 15.8 Å². The maximum Gasteiger partial charge on any atom is 0.293 e. The Morgan fingerprint density at radius 3 is 2.65 bits per heavy atom. The number of rotatable bonds is 7. The van der Waals surface area contributed by atoms with Gasteiger partial charge in [0.1, 0.15) is 11.5 Å². The molecule has 1 atom stereocenters. The van der Waals surface area contributed by atoms with Crippen LogP contribution in [0.15, 0.2) is 12.1 Å². The van der Waals surface area contributed by atoms with Crippen molar-refractivity contribution in [2.45, 2.75) is 26.8 Å². The average molecular weight is 396 g/mol. The molecular formula is C13H18FIN2O3. The summed E-state index contributed by atoms with van der Waals surface area (Å²) >= 11 is 1.74. The highest BCUT2D eigenvalue weighted by Crippen LogP contribution is 2.30. The lowest BCUT2D eigenvalue weighted by molar-refractivity contribution is -0.384. The zero-order valence-corrected chi connectivity index (χ0v) is 13.8. The van der Waals surface area contributed by atoms with E-state index in [1.807, 2.05) is 20.8 Å². The Hall–Kier alpha value is -0.960. The largest absolute Gasteiger partial charge is 0.380 e. The number of benzene rings is 1. The van der Waals surface area contributed by atoms with E-state index in [2.05, 4.69) is 5.32 Å². The molecule has 0 aliphatic carbocycles. The first-order valence-corrected chi connectivity index (χ1v) is 7.42. The lowest BCUT2D eigenvalue weighted by atomic mass is 10.0. The van der Waals surface area contributed by atoms with Crippen LogP contribution < -0.4 is 5.32 Å². The minimum absolute atomic E-state index is 0.117. The fourth-order valence-corrected chi connectivity index (χ4v) is 2.10. The second-order valence-electron chi connectivity index (χ2n) is 4.69. The quantitative estimate of drug-likeness (QED) is 0.433. The smallest absolute Gasteiger partial charge is 0.293 e. The summed E-state index contributed by atoms with van der Waals surface area (Å²) in [4.78, 5) is 10.5. The molecule has 0 amide bonds. The van der Waals surface area contributed by atoms with Crippen LogP contribution >= 0.6 is 22.6 Å². The monoisotopic (exact) mass is 396 g/mol. The predicted molar refractivity (Wildman–Crippen MR) is 84.5 cm³/mol. The maximum atomic E-state index is 13.6. The number of ether oxygens (including phenoxy) is 1. The highest BCUT2D eigenvalue weighted by molar-refractivity contribution is 14.1. The Morgan fingerprint density at radius 2 is 2.15 bits per heavy atom. The second-order valence-corrected chi connectivity index (χ2v) is 5.86. The number of nitrogens with one attached hydrogen (secondary N) is 1. The first-order valence-electron chi connectivity index (χ1n) is 6.34. The molecule has 0 heterocycles. The number of nitrogens with zero attached hydrogens (tertiary/aromatic N) is 1. The Labute approximate surface area is 131 Å². The van der Waals surface area contributed by atoms with Crippen molar-refractivity contribution in [3.05, 3.63) is 31.6 Å². The summed E-state index contributed by atoms with van der Waals surface area (Å²) in [5, 5.41) is 14.1. The third-order valence-electron chi connectivity index (χ3n) is 2.88. The molecular weight excluding hydrogens is 378 g/mol. The summed E-state index contributed by atoms with van der Waals surface area (Å²) in [6.45, 7) is 6.81. The molecule has 1 aromatic carbocycles. The van der Waals surface area contributed by atoms with Gasteiger partial charge in [-0.25, -0.2) is 4.39 Å². The summed E-state index contributed by atoms with van der Waals surface area (Å²) in [5.41, 5.74) is 0.0595. The summed E-state index contributed by atoms with van der Waals surface area (Å²) in [7, 11) is 0. The first kappa shape index (κ1) is 17.1. The molecule has 0 spiro atoms. The van der Waals surface area contributed by atoms with Gasteiger partial charge in [-0.2, -0.15) is 0 Å². The van der Waals surface area contributed by atoms with Crippen molar-refractivity contribution >= 4 is 34.0 Å². The molecule has 7 heteroatoms. The van der Waals surface area contributed by atoms with Crippen LogP contribution in [0.5, 0.6) is 0 Å². The zero-order chi connectivity index (χ0) is 15.3. The fourth-order valence-electron chi connectivity index (χ4n) is 1.65. The van der Waals surface area contributed by atoms with Crippen molar-refractivity contribution < 1.29 is 14.1 Å². The summed E-state index contributed by atoms with van der Waals surface area (Å²) in [6.07, 6.45) is 0. The average Bonchev–Trinajstić information content (AvgIpc) is 2.37. The SMILES string of the molecule is CCOCC(Nc1cc(F)c(I)cc1[N+](=O)[O-])C(C)C. The van der Waals surface area contributed by atoms with Gasteiger partial charge in [-0.05, 0) is 35.4 Å². The molecule has 1 rings (SSSR count). The molecule has 0 aromatic heterocycles. The van der Waals surface area contributed by atoms with Gasteiger partial charge < -0.3 is 10.1 Å². The first-order chi connectivity index (χ1) is 9.36. The maximum absolute atomic E-state index is 13.6. The minimum Gasteiger partial charge on any atom is -0.380 e. The molecule has 0 radical (unpaired) electrons. The van der Waals surface area contributed by atoms with Crippen LogP contribution in [0.25, 0.3) is 0 Å². The van der Waals surface area contributed by atoms with Crippen molar-refractivity contribution in [1.82, 2.24) is 0 Å². The summed E-state index contributed by atoms with van der Waals surface area (Å²) in [6, 6.07) is 2.28. The molecule has 0 saturated carbocycles. The van der Waals surface area contributed by atoms with E-state index >= 15 is 0 Å². The Bertz CT molecular complexity index is 483. The number of nitro benzene ring substituents is 1. The standard InChI is InChI=1S/C13H18FIN2O3/c1-4-20-7-12(8(2)3)16-11-5-9(14)10(15)6-13(11)17(18)19/h5-6,8,12,16H,4,7H2,1-3H3. The van der Waals surface area contributed by atoms with E-state index in [1.165, 1.54) is 12.1 Å². The minimum atomic E-state index is -0.512. The van der Waals surface area contributed by atoms with Crippen LogP contribution in [-0.4, -0.2) is 24.2 Å². The van der Waals surface area contributed by atoms with Crippen LogP contribution in [0.2, 0.25) is 0 Å². The molecule has 0 saturated heterocycles. The Balaban J connectivity index is 3.04. The van der Waals surface area contributed by atoms with Crippen LogP contribution in [0, 0.1) is 25.4 Å². The van der Waals surface area contributed by atoms with Gasteiger partial charge in [0.15, 0.2) is 0 Å². The number of halogens is 2. The fraction of sp³-hybridized carbons (Fsp3) is 0.538. The molecule has 0 bridgehead atoms. The topological polar surface area (TPSA) is 64.4 Å². The van der Waals surface area contributed by atoms with Crippen molar-refractivity contribution in [2.24, 2.45) is 5.92 Å². The molecule has 20 heavy (non-hydrogen) atoms. The molecule has 0 aliphatic heterocycles. The van der Waals surface area contributed by atoms with E-state index in [4.69, 9.17) is 4.74 Å². The van der Waals surface area contributed by atoms with E-state index in [0.717, 1.165) is 0 Å². The van der Waals surface area contributed by atoms with Gasteiger partial charge in [-0.3, -0.25) is 10.1 Å². The second kappa shape index (κ2) is 7.72. The van der Waals surface area contributed by atoms with Gasteiger partial charge in [0.2, 0.25) is 0 Å². The third-order valence-corrected chi connectivity index (χ3v) is 3.71. The van der Waals surface area contributed by atoms with Gasteiger partial charge in [0, 0.05) is 18.7 Å². The lowest BCUT2D eigenvalue weighted by Gasteiger charge is -2.23. The third kappa shape index (κ3) is 4.55. The van der Waals surface area contributed by atoms with E-state index in [0.29, 0.717) is 13.2 Å². The number of hydrogen-bond acceptors (Lipinski definition) is 4. The van der Waals surface area contributed by atoms with Crippen LogP contribution in [0.3, 0.4) is 0 Å². The highest BCUT2D eigenvalue weighted by atomic mass is 127. The lowest BCUT2D eigenvalue weighted by Crippen LogP contribution is -2.31.